The number of nitrogens with zero attached hydrogens (tertiary/aromatic N) is 3. The molecular formula is C55H31F12N3. The summed E-state index contributed by atoms with van der Waals surface area (Å²) >= 11 is 0. The number of rotatable bonds is 5. The van der Waals surface area contributed by atoms with Gasteiger partial charge in [0.1, 0.15) is 0 Å². The van der Waals surface area contributed by atoms with Gasteiger partial charge >= 0.3 is 24.7 Å². The van der Waals surface area contributed by atoms with E-state index < -0.39 is 52.5 Å². The van der Waals surface area contributed by atoms with Crippen molar-refractivity contribution in [3.63, 3.8) is 0 Å². The molecule has 0 amide bonds. The summed E-state index contributed by atoms with van der Waals surface area (Å²) in [5.41, 5.74) is -0.502. The topological polar surface area (TPSA) is 14.2 Å². The van der Waals surface area contributed by atoms with Crippen LogP contribution in [0.5, 0.6) is 0 Å². The summed E-state index contributed by atoms with van der Waals surface area (Å²) in [6.45, 7) is 11.5. The van der Waals surface area contributed by atoms with Gasteiger partial charge in [0.2, 0.25) is 0 Å². The molecule has 0 aliphatic rings. The standard InChI is InChI=1S/C55H31F12N3/c1-29-20-33(23-36(21-29)54(62,63)64)41-27-50(69-46-10-6-4-9-40(46)43-25-32(13-19-48(43)69)38-17-15-35(53(59,60)61)26-44(38)55(65,66)67)51(28-45(41)68-3)70-47-11-7-5-8-39(47)42-24-31(12-18-49(42)70)37-16-14-34(22-30(37)2)52(56,57)58/h4-28H,1-2H3. The monoisotopic (exact) mass is 961 g/mol. The maximum atomic E-state index is 14.5. The van der Waals surface area contributed by atoms with Gasteiger partial charge in [0.15, 0.2) is 5.69 Å². The quantitative estimate of drug-likeness (QED) is 0.121. The molecule has 10 aromatic rings. The van der Waals surface area contributed by atoms with Crippen molar-refractivity contribution in [3.05, 3.63) is 196 Å². The number of aryl methyl sites for hydroxylation is 2. The Morgan fingerprint density at radius 3 is 1.39 bits per heavy atom. The van der Waals surface area contributed by atoms with Gasteiger partial charge in [-0.2, -0.15) is 52.7 Å². The van der Waals surface area contributed by atoms with E-state index >= 15 is 0 Å². The molecule has 10 rings (SSSR count). The van der Waals surface area contributed by atoms with Crippen LogP contribution >= 0.6 is 0 Å². The van der Waals surface area contributed by atoms with Crippen molar-refractivity contribution in [3.8, 4) is 44.8 Å². The van der Waals surface area contributed by atoms with Crippen LogP contribution in [0.2, 0.25) is 0 Å². The molecule has 0 saturated carbocycles. The average Bonchev–Trinajstić information content (AvgIpc) is 3.81. The van der Waals surface area contributed by atoms with Crippen LogP contribution in [0, 0.1) is 20.4 Å². The van der Waals surface area contributed by atoms with Gasteiger partial charge in [0.05, 0.1) is 62.3 Å². The Bertz CT molecular complexity index is 3820. The summed E-state index contributed by atoms with van der Waals surface area (Å²) in [4.78, 5) is 3.83. The zero-order valence-electron chi connectivity index (χ0n) is 36.3. The highest BCUT2D eigenvalue weighted by molar-refractivity contribution is 6.13. The van der Waals surface area contributed by atoms with Gasteiger partial charge in [-0.3, -0.25) is 0 Å². The van der Waals surface area contributed by atoms with Crippen molar-refractivity contribution >= 4 is 49.3 Å². The number of halogens is 12. The lowest BCUT2D eigenvalue weighted by Gasteiger charge is -2.20. The molecule has 8 aromatic carbocycles. The molecule has 2 heterocycles. The highest BCUT2D eigenvalue weighted by Crippen LogP contribution is 2.47. The minimum atomic E-state index is -5.17. The Hall–Kier alpha value is -7.99. The second-order valence-corrected chi connectivity index (χ2v) is 17.0. The molecule has 0 spiro atoms. The van der Waals surface area contributed by atoms with Gasteiger partial charge in [0, 0.05) is 21.5 Å². The number of hydrogen-bond acceptors (Lipinski definition) is 0. The number of benzene rings is 8. The molecule has 0 unspecified atom stereocenters. The van der Waals surface area contributed by atoms with Crippen LogP contribution in [-0.4, -0.2) is 9.13 Å². The Balaban J connectivity index is 1.28. The lowest BCUT2D eigenvalue weighted by atomic mass is 9.95. The predicted molar refractivity (Wildman–Crippen MR) is 247 cm³/mol. The number of hydrogen-bond donors (Lipinski definition) is 0. The fourth-order valence-electron chi connectivity index (χ4n) is 9.52. The molecule has 0 atom stereocenters. The van der Waals surface area contributed by atoms with Crippen molar-refractivity contribution in [2.45, 2.75) is 38.6 Å². The fraction of sp³-hybridized carbons (Fsp3) is 0.109. The Labute approximate surface area is 389 Å². The van der Waals surface area contributed by atoms with E-state index in [0.717, 1.165) is 30.3 Å². The van der Waals surface area contributed by atoms with E-state index in [1.54, 1.807) is 72.2 Å². The number of alkyl halides is 12. The smallest absolute Gasteiger partial charge is 0.308 e. The molecule has 15 heteroatoms. The van der Waals surface area contributed by atoms with E-state index in [4.69, 9.17) is 6.57 Å². The normalized spacial score (nSPS) is 12.7. The lowest BCUT2D eigenvalue weighted by molar-refractivity contribution is -0.143. The van der Waals surface area contributed by atoms with Crippen molar-refractivity contribution in [2.24, 2.45) is 0 Å². The van der Waals surface area contributed by atoms with Crippen molar-refractivity contribution in [1.82, 2.24) is 9.13 Å². The zero-order valence-corrected chi connectivity index (χ0v) is 36.3. The molecule has 0 saturated heterocycles. The Kier molecular flexibility index (Phi) is 10.5. The first-order valence-electron chi connectivity index (χ1n) is 21.3. The van der Waals surface area contributed by atoms with E-state index in [1.807, 2.05) is 22.8 Å². The van der Waals surface area contributed by atoms with Crippen molar-refractivity contribution in [2.75, 3.05) is 0 Å². The second-order valence-electron chi connectivity index (χ2n) is 17.0. The molecule has 2 aromatic heterocycles. The molecule has 70 heavy (non-hydrogen) atoms. The Morgan fingerprint density at radius 2 is 0.871 bits per heavy atom. The van der Waals surface area contributed by atoms with Crippen molar-refractivity contribution < 1.29 is 52.7 Å². The molecular weight excluding hydrogens is 931 g/mol. The van der Waals surface area contributed by atoms with Crippen molar-refractivity contribution in [1.29, 1.82) is 0 Å². The second kappa shape index (κ2) is 16.0. The minimum absolute atomic E-state index is 0.0227. The van der Waals surface area contributed by atoms with E-state index in [1.165, 1.54) is 37.3 Å². The van der Waals surface area contributed by atoms with Crippen LogP contribution in [0.25, 0.3) is 93.2 Å². The van der Waals surface area contributed by atoms with Gasteiger partial charge in [0.25, 0.3) is 0 Å². The van der Waals surface area contributed by atoms with E-state index in [2.05, 4.69) is 4.85 Å². The molecule has 0 bridgehead atoms. The summed E-state index contributed by atoms with van der Waals surface area (Å²) in [5.74, 6) is 0. The van der Waals surface area contributed by atoms with E-state index in [-0.39, 0.29) is 34.0 Å². The number of para-hydroxylation sites is 2. The van der Waals surface area contributed by atoms with Crippen LogP contribution in [-0.2, 0) is 24.7 Å². The third kappa shape index (κ3) is 7.77. The minimum Gasteiger partial charge on any atom is -0.308 e. The van der Waals surface area contributed by atoms with E-state index in [0.29, 0.717) is 77.7 Å². The summed E-state index contributed by atoms with van der Waals surface area (Å²) in [6.07, 6.45) is -19.5. The predicted octanol–water partition coefficient (Wildman–Crippen LogP) is 18.1. The highest BCUT2D eigenvalue weighted by atomic mass is 19.4. The molecule has 0 N–H and O–H groups in total. The van der Waals surface area contributed by atoms with Gasteiger partial charge in [-0.05, 0) is 143 Å². The molecule has 3 nitrogen and oxygen atoms in total. The van der Waals surface area contributed by atoms with E-state index in [9.17, 15) is 52.7 Å². The third-order valence-corrected chi connectivity index (χ3v) is 12.6. The number of fused-ring (bicyclic) bond motifs is 6. The summed E-state index contributed by atoms with van der Waals surface area (Å²) in [6, 6.07) is 35.4. The van der Waals surface area contributed by atoms with Gasteiger partial charge in [-0.25, -0.2) is 4.85 Å². The summed E-state index contributed by atoms with van der Waals surface area (Å²) in [5, 5.41) is 2.27. The lowest BCUT2D eigenvalue weighted by Crippen LogP contribution is -2.12. The maximum absolute atomic E-state index is 14.5. The summed E-state index contributed by atoms with van der Waals surface area (Å²) < 4.78 is 172. The van der Waals surface area contributed by atoms with Crippen LogP contribution < -0.4 is 0 Å². The van der Waals surface area contributed by atoms with Crippen LogP contribution in [0.15, 0.2) is 152 Å². The van der Waals surface area contributed by atoms with Crippen LogP contribution in [0.3, 0.4) is 0 Å². The highest BCUT2D eigenvalue weighted by Gasteiger charge is 2.39. The Morgan fingerprint density at radius 1 is 0.386 bits per heavy atom. The van der Waals surface area contributed by atoms with Crippen LogP contribution in [0.4, 0.5) is 58.4 Å². The van der Waals surface area contributed by atoms with Gasteiger partial charge in [-0.1, -0.05) is 66.7 Å². The van der Waals surface area contributed by atoms with Gasteiger partial charge < -0.3 is 9.13 Å². The molecule has 350 valence electrons. The SMILES string of the molecule is [C-]#[N+]c1cc(-n2c3ccccc3c3cc(-c4ccc(C(F)(F)F)cc4C)ccc32)c(-n2c3ccccc3c3cc(-c4ccc(C(F)(F)F)cc4C(F)(F)F)ccc32)cc1-c1cc(C)cc(C(F)(F)F)c1. The molecule has 0 aliphatic carbocycles. The first-order chi connectivity index (χ1) is 33.0. The first kappa shape index (κ1) is 45.8. The average molecular weight is 962 g/mol. The first-order valence-corrected chi connectivity index (χ1v) is 21.3. The third-order valence-electron chi connectivity index (χ3n) is 12.6. The molecule has 0 radical (unpaired) electrons. The molecule has 0 fully saturated rings. The maximum Gasteiger partial charge on any atom is 0.417 e. The largest absolute Gasteiger partial charge is 0.417 e. The van der Waals surface area contributed by atoms with Gasteiger partial charge in [-0.15, -0.1) is 0 Å². The fourth-order valence-corrected chi connectivity index (χ4v) is 9.52. The zero-order chi connectivity index (χ0) is 49.8. The summed E-state index contributed by atoms with van der Waals surface area (Å²) in [7, 11) is 0. The molecule has 0 aliphatic heterocycles. The van der Waals surface area contributed by atoms with Crippen LogP contribution in [0.1, 0.15) is 33.4 Å². The number of aromatic nitrogens is 2.